The van der Waals surface area contributed by atoms with Crippen LogP contribution in [0.5, 0.6) is 5.75 Å². The van der Waals surface area contributed by atoms with E-state index in [2.05, 4.69) is 0 Å². The second-order valence-electron chi connectivity index (χ2n) is 5.12. The average molecular weight is 322 g/mol. The fraction of sp³-hybridized carbons (Fsp3) is 0.176. The Balaban J connectivity index is 2.22. The van der Waals surface area contributed by atoms with E-state index in [0.29, 0.717) is 6.07 Å². The van der Waals surface area contributed by atoms with E-state index in [9.17, 15) is 27.9 Å². The Labute approximate surface area is 130 Å². The molecule has 0 aliphatic rings. The van der Waals surface area contributed by atoms with Crippen molar-refractivity contribution in [3.8, 4) is 5.75 Å². The number of Topliss-reactive ketones (excluding diaryl/α,β-unsaturated/α-hetero) is 2. The maximum absolute atomic E-state index is 12.6. The Morgan fingerprint density at radius 1 is 1.04 bits per heavy atom. The van der Waals surface area contributed by atoms with Gasteiger partial charge in [0.25, 0.3) is 0 Å². The van der Waals surface area contributed by atoms with Crippen LogP contribution in [0.4, 0.5) is 13.2 Å². The van der Waals surface area contributed by atoms with Gasteiger partial charge in [-0.3, -0.25) is 9.59 Å². The van der Waals surface area contributed by atoms with E-state index in [1.165, 1.54) is 18.2 Å². The van der Waals surface area contributed by atoms with Crippen LogP contribution in [0.2, 0.25) is 0 Å². The number of phenolic OH excluding ortho intramolecular Hbond substituents is 1. The van der Waals surface area contributed by atoms with Gasteiger partial charge in [0.15, 0.2) is 11.6 Å². The minimum atomic E-state index is -4.56. The van der Waals surface area contributed by atoms with Gasteiger partial charge in [0.05, 0.1) is 17.5 Å². The number of phenols is 1. The zero-order chi connectivity index (χ0) is 17.2. The monoisotopic (exact) mass is 322 g/mol. The molecule has 120 valence electrons. The lowest BCUT2D eigenvalue weighted by atomic mass is 9.98. The molecule has 0 fully saturated rings. The van der Waals surface area contributed by atoms with Crippen LogP contribution in [0.3, 0.4) is 0 Å². The largest absolute Gasteiger partial charge is 0.507 e. The third-order valence-corrected chi connectivity index (χ3v) is 3.29. The standard InChI is InChI=1S/C17H13F3O3/c1-10-5-6-14(21)13(7-10)16(23)9-15(22)11-3-2-4-12(8-11)17(18,19)20/h2-8,21H,9H2,1H3. The number of aryl methyl sites for hydroxylation is 1. The molecule has 0 saturated heterocycles. The van der Waals surface area contributed by atoms with Crippen LogP contribution in [-0.4, -0.2) is 16.7 Å². The summed E-state index contributed by atoms with van der Waals surface area (Å²) in [5.41, 5.74) is -0.447. The highest BCUT2D eigenvalue weighted by molar-refractivity contribution is 6.14. The number of aromatic hydroxyl groups is 1. The van der Waals surface area contributed by atoms with Crippen molar-refractivity contribution in [1.29, 1.82) is 0 Å². The number of carbonyl (C=O) groups is 2. The van der Waals surface area contributed by atoms with Gasteiger partial charge < -0.3 is 5.11 Å². The lowest BCUT2D eigenvalue weighted by Crippen LogP contribution is -2.11. The predicted molar refractivity (Wildman–Crippen MR) is 77.6 cm³/mol. The number of halogens is 3. The fourth-order valence-electron chi connectivity index (χ4n) is 2.09. The molecule has 0 heterocycles. The van der Waals surface area contributed by atoms with Crippen LogP contribution >= 0.6 is 0 Å². The molecule has 2 rings (SSSR count). The first-order valence-electron chi connectivity index (χ1n) is 6.72. The van der Waals surface area contributed by atoms with Crippen molar-refractivity contribution in [2.45, 2.75) is 19.5 Å². The molecule has 0 amide bonds. The van der Waals surface area contributed by atoms with E-state index in [0.717, 1.165) is 17.7 Å². The highest BCUT2D eigenvalue weighted by Gasteiger charge is 2.31. The van der Waals surface area contributed by atoms with Gasteiger partial charge in [0, 0.05) is 5.56 Å². The molecular formula is C17H13F3O3. The van der Waals surface area contributed by atoms with Crippen molar-refractivity contribution in [3.63, 3.8) is 0 Å². The van der Waals surface area contributed by atoms with Crippen LogP contribution in [0.1, 0.15) is 38.3 Å². The average Bonchev–Trinajstić information content (AvgIpc) is 2.48. The molecule has 2 aromatic rings. The Morgan fingerprint density at radius 3 is 2.39 bits per heavy atom. The summed E-state index contributed by atoms with van der Waals surface area (Å²) in [6.45, 7) is 1.71. The maximum Gasteiger partial charge on any atom is 0.416 e. The lowest BCUT2D eigenvalue weighted by molar-refractivity contribution is -0.137. The molecule has 0 aliphatic heterocycles. The molecule has 0 unspecified atom stereocenters. The number of hydrogen-bond donors (Lipinski definition) is 1. The molecule has 0 aliphatic carbocycles. The highest BCUT2D eigenvalue weighted by Crippen LogP contribution is 2.30. The minimum Gasteiger partial charge on any atom is -0.507 e. The molecule has 0 spiro atoms. The van der Waals surface area contributed by atoms with Gasteiger partial charge in [-0.15, -0.1) is 0 Å². The molecule has 1 N–H and O–H groups in total. The third-order valence-electron chi connectivity index (χ3n) is 3.29. The Hall–Kier alpha value is -2.63. The van der Waals surface area contributed by atoms with Crippen molar-refractivity contribution >= 4 is 11.6 Å². The number of benzene rings is 2. The van der Waals surface area contributed by atoms with Crippen LogP contribution in [0, 0.1) is 6.92 Å². The second-order valence-corrected chi connectivity index (χ2v) is 5.12. The topological polar surface area (TPSA) is 54.4 Å². The van der Waals surface area contributed by atoms with E-state index in [-0.39, 0.29) is 16.9 Å². The number of alkyl halides is 3. The first-order valence-corrected chi connectivity index (χ1v) is 6.72. The van der Waals surface area contributed by atoms with Crippen molar-refractivity contribution < 1.29 is 27.9 Å². The third kappa shape index (κ3) is 3.97. The summed E-state index contributed by atoms with van der Waals surface area (Å²) in [4.78, 5) is 24.1. The van der Waals surface area contributed by atoms with E-state index in [1.54, 1.807) is 13.0 Å². The van der Waals surface area contributed by atoms with E-state index < -0.39 is 29.7 Å². The van der Waals surface area contributed by atoms with Crippen molar-refractivity contribution in [2.24, 2.45) is 0 Å². The van der Waals surface area contributed by atoms with Gasteiger partial charge in [-0.1, -0.05) is 23.8 Å². The van der Waals surface area contributed by atoms with Crippen LogP contribution < -0.4 is 0 Å². The maximum atomic E-state index is 12.6. The first kappa shape index (κ1) is 16.7. The summed E-state index contributed by atoms with van der Waals surface area (Å²) >= 11 is 0. The predicted octanol–water partition coefficient (Wildman–Crippen LogP) is 4.18. The number of ketones is 2. The van der Waals surface area contributed by atoms with E-state index in [1.807, 2.05) is 0 Å². The quantitative estimate of drug-likeness (QED) is 0.679. The zero-order valence-electron chi connectivity index (χ0n) is 12.1. The molecule has 0 aromatic heterocycles. The Morgan fingerprint density at radius 2 is 1.74 bits per heavy atom. The highest BCUT2D eigenvalue weighted by atomic mass is 19.4. The van der Waals surface area contributed by atoms with Gasteiger partial charge >= 0.3 is 6.18 Å². The lowest BCUT2D eigenvalue weighted by Gasteiger charge is -2.08. The van der Waals surface area contributed by atoms with Gasteiger partial charge in [0.1, 0.15) is 5.75 Å². The number of carbonyl (C=O) groups excluding carboxylic acids is 2. The molecule has 0 bridgehead atoms. The minimum absolute atomic E-state index is 0.0228. The molecule has 0 atom stereocenters. The van der Waals surface area contributed by atoms with Crippen LogP contribution in [0.15, 0.2) is 42.5 Å². The molecule has 3 nitrogen and oxygen atoms in total. The smallest absolute Gasteiger partial charge is 0.416 e. The van der Waals surface area contributed by atoms with Gasteiger partial charge in [0.2, 0.25) is 0 Å². The number of rotatable bonds is 4. The van der Waals surface area contributed by atoms with E-state index >= 15 is 0 Å². The van der Waals surface area contributed by atoms with Gasteiger partial charge in [-0.05, 0) is 31.2 Å². The molecular weight excluding hydrogens is 309 g/mol. The summed E-state index contributed by atoms with van der Waals surface area (Å²) in [7, 11) is 0. The SMILES string of the molecule is Cc1ccc(O)c(C(=O)CC(=O)c2cccc(C(F)(F)F)c2)c1. The number of hydrogen-bond acceptors (Lipinski definition) is 3. The summed E-state index contributed by atoms with van der Waals surface area (Å²) in [5, 5.41) is 9.66. The molecule has 0 radical (unpaired) electrons. The van der Waals surface area contributed by atoms with Crippen molar-refractivity contribution in [3.05, 3.63) is 64.7 Å². The first-order chi connectivity index (χ1) is 10.7. The molecule has 0 saturated carbocycles. The van der Waals surface area contributed by atoms with Gasteiger partial charge in [-0.2, -0.15) is 13.2 Å². The normalized spacial score (nSPS) is 11.3. The van der Waals surface area contributed by atoms with Crippen molar-refractivity contribution in [2.75, 3.05) is 0 Å². The fourth-order valence-corrected chi connectivity index (χ4v) is 2.09. The summed E-state index contributed by atoms with van der Waals surface area (Å²) in [6.07, 6.45) is -5.17. The van der Waals surface area contributed by atoms with Crippen LogP contribution in [0.25, 0.3) is 0 Å². The van der Waals surface area contributed by atoms with Gasteiger partial charge in [-0.25, -0.2) is 0 Å². The molecule has 2 aromatic carbocycles. The summed E-state index contributed by atoms with van der Waals surface area (Å²) < 4.78 is 37.9. The Bertz CT molecular complexity index is 764. The van der Waals surface area contributed by atoms with Crippen molar-refractivity contribution in [1.82, 2.24) is 0 Å². The Kier molecular flexibility index (Phi) is 4.54. The second kappa shape index (κ2) is 6.24. The molecule has 23 heavy (non-hydrogen) atoms. The molecule has 6 heteroatoms. The summed E-state index contributed by atoms with van der Waals surface area (Å²) in [5.74, 6) is -1.65. The summed E-state index contributed by atoms with van der Waals surface area (Å²) in [6, 6.07) is 8.26. The zero-order valence-corrected chi connectivity index (χ0v) is 12.1. The van der Waals surface area contributed by atoms with E-state index in [4.69, 9.17) is 0 Å². The van der Waals surface area contributed by atoms with Crippen LogP contribution in [-0.2, 0) is 6.18 Å².